The van der Waals surface area contributed by atoms with E-state index in [4.69, 9.17) is 5.11 Å². The third kappa shape index (κ3) is 3.06. The van der Waals surface area contributed by atoms with Gasteiger partial charge in [0.05, 0.1) is 6.54 Å². The maximum absolute atomic E-state index is 11.8. The topological polar surface area (TPSA) is 122 Å². The molecule has 0 aromatic carbocycles. The lowest BCUT2D eigenvalue weighted by atomic mass is 10.1. The predicted octanol–water partition coefficient (Wildman–Crippen LogP) is -1.16. The molecule has 1 unspecified atom stereocenters. The second kappa shape index (κ2) is 4.67. The molecule has 0 amide bonds. The summed E-state index contributed by atoms with van der Waals surface area (Å²) in [7, 11) is -2.30. The average Bonchev–Trinajstić information content (AvgIpc) is 2.57. The summed E-state index contributed by atoms with van der Waals surface area (Å²) >= 11 is 0. The van der Waals surface area contributed by atoms with Gasteiger partial charge >= 0.3 is 5.97 Å². The van der Waals surface area contributed by atoms with Gasteiger partial charge in [0, 0.05) is 13.2 Å². The number of aliphatic hydroxyl groups is 1. The summed E-state index contributed by atoms with van der Waals surface area (Å²) in [5.41, 5.74) is -2.17. The van der Waals surface area contributed by atoms with Crippen molar-refractivity contribution >= 4 is 16.0 Å². The number of nitrogens with one attached hydrogen (secondary N) is 1. The minimum absolute atomic E-state index is 0.219. The number of aliphatic carboxylic acids is 1. The first-order valence-corrected chi connectivity index (χ1v) is 6.50. The molecule has 1 aromatic heterocycles. The average molecular weight is 277 g/mol. The third-order valence-electron chi connectivity index (χ3n) is 2.43. The Balaban J connectivity index is 2.87. The molecule has 0 aliphatic carbocycles. The van der Waals surface area contributed by atoms with Crippen LogP contribution < -0.4 is 4.72 Å². The van der Waals surface area contributed by atoms with Crippen molar-refractivity contribution in [2.45, 2.75) is 24.5 Å². The van der Waals surface area contributed by atoms with E-state index in [1.165, 1.54) is 10.8 Å². The van der Waals surface area contributed by atoms with Crippen molar-refractivity contribution in [1.29, 1.82) is 0 Å². The number of aromatic nitrogens is 2. The van der Waals surface area contributed by atoms with Crippen LogP contribution in [0.25, 0.3) is 0 Å². The highest BCUT2D eigenvalue weighted by molar-refractivity contribution is 7.89. The zero-order valence-corrected chi connectivity index (χ0v) is 11.0. The van der Waals surface area contributed by atoms with Gasteiger partial charge < -0.3 is 14.8 Å². The highest BCUT2D eigenvalue weighted by atomic mass is 32.2. The summed E-state index contributed by atoms with van der Waals surface area (Å²) in [4.78, 5) is 14.4. The van der Waals surface area contributed by atoms with Crippen LogP contribution in [0, 0.1) is 6.92 Å². The van der Waals surface area contributed by atoms with Crippen LogP contribution in [0.3, 0.4) is 0 Å². The molecular weight excluding hydrogens is 262 g/mol. The summed E-state index contributed by atoms with van der Waals surface area (Å²) in [6.45, 7) is 1.99. The molecule has 0 fully saturated rings. The van der Waals surface area contributed by atoms with Gasteiger partial charge in [-0.1, -0.05) is 0 Å². The Morgan fingerprint density at radius 2 is 2.17 bits per heavy atom. The second-order valence-corrected chi connectivity index (χ2v) is 5.85. The number of imidazole rings is 1. The quantitative estimate of drug-likeness (QED) is 0.624. The molecule has 3 N–H and O–H groups in total. The van der Waals surface area contributed by atoms with Crippen molar-refractivity contribution in [3.8, 4) is 0 Å². The van der Waals surface area contributed by atoms with Gasteiger partial charge in [0.25, 0.3) is 10.0 Å². The Kier molecular flexibility index (Phi) is 3.79. The van der Waals surface area contributed by atoms with Gasteiger partial charge in [-0.3, -0.25) is 0 Å². The van der Waals surface area contributed by atoms with Crippen LogP contribution in [-0.2, 0) is 21.9 Å². The van der Waals surface area contributed by atoms with E-state index < -0.39 is 28.1 Å². The molecule has 0 aliphatic heterocycles. The number of carbonyl (C=O) groups is 1. The Labute approximate surface area is 104 Å². The monoisotopic (exact) mass is 277 g/mol. The zero-order valence-electron chi connectivity index (χ0n) is 10.2. The molecule has 0 bridgehead atoms. The Morgan fingerprint density at radius 1 is 1.61 bits per heavy atom. The van der Waals surface area contributed by atoms with Crippen molar-refractivity contribution in [3.63, 3.8) is 0 Å². The van der Waals surface area contributed by atoms with E-state index in [0.29, 0.717) is 5.82 Å². The lowest BCUT2D eigenvalue weighted by molar-refractivity contribution is -0.155. The molecule has 0 radical (unpaired) electrons. The summed E-state index contributed by atoms with van der Waals surface area (Å²) in [6.07, 6.45) is 1.30. The fraction of sp³-hybridized carbons (Fsp3) is 0.556. The fourth-order valence-corrected chi connectivity index (χ4v) is 2.21. The van der Waals surface area contributed by atoms with Gasteiger partial charge in [0.15, 0.2) is 10.6 Å². The molecule has 9 heteroatoms. The molecule has 1 aromatic rings. The lowest BCUT2D eigenvalue weighted by Crippen LogP contribution is -2.46. The van der Waals surface area contributed by atoms with Gasteiger partial charge in [-0.05, 0) is 13.8 Å². The first kappa shape index (κ1) is 14.6. The molecule has 0 saturated heterocycles. The molecule has 0 spiro atoms. The van der Waals surface area contributed by atoms with Crippen molar-refractivity contribution < 1.29 is 23.4 Å². The van der Waals surface area contributed by atoms with Crippen LogP contribution in [0.1, 0.15) is 12.7 Å². The van der Waals surface area contributed by atoms with E-state index in [9.17, 15) is 18.3 Å². The lowest BCUT2D eigenvalue weighted by Gasteiger charge is -2.17. The van der Waals surface area contributed by atoms with Crippen LogP contribution in [0.2, 0.25) is 0 Å². The van der Waals surface area contributed by atoms with E-state index in [1.807, 2.05) is 4.72 Å². The second-order valence-electron chi connectivity index (χ2n) is 4.14. The van der Waals surface area contributed by atoms with Crippen molar-refractivity contribution in [1.82, 2.24) is 14.3 Å². The first-order valence-electron chi connectivity index (χ1n) is 5.01. The standard InChI is InChI=1S/C9H15N3O5S/c1-6-11-7(4-12(6)3)18(16,17)10-5-9(2,15)8(13)14/h4,10,15H,5H2,1-3H3,(H,13,14). The molecule has 18 heavy (non-hydrogen) atoms. The smallest absolute Gasteiger partial charge is 0.336 e. The number of sulfonamides is 1. The van der Waals surface area contributed by atoms with Gasteiger partial charge in [-0.15, -0.1) is 0 Å². The predicted molar refractivity (Wildman–Crippen MR) is 61.4 cm³/mol. The number of rotatable bonds is 5. The van der Waals surface area contributed by atoms with Crippen LogP contribution in [0.5, 0.6) is 0 Å². The summed E-state index contributed by atoms with van der Waals surface area (Å²) in [5, 5.41) is 17.8. The molecule has 0 aliphatic rings. The molecule has 1 heterocycles. The minimum Gasteiger partial charge on any atom is -0.479 e. The minimum atomic E-state index is -3.93. The van der Waals surface area contributed by atoms with E-state index in [0.717, 1.165) is 6.92 Å². The number of hydrogen-bond donors (Lipinski definition) is 3. The van der Waals surface area contributed by atoms with Crippen molar-refractivity contribution in [2.24, 2.45) is 7.05 Å². The molecule has 8 nitrogen and oxygen atoms in total. The maximum Gasteiger partial charge on any atom is 0.336 e. The molecule has 1 rings (SSSR count). The highest BCUT2D eigenvalue weighted by Gasteiger charge is 2.32. The summed E-state index contributed by atoms with van der Waals surface area (Å²) in [5.74, 6) is -1.01. The summed E-state index contributed by atoms with van der Waals surface area (Å²) < 4.78 is 27.1. The maximum atomic E-state index is 11.8. The Bertz CT molecular complexity index is 541. The number of carboxylic acid groups (broad SMARTS) is 1. The van der Waals surface area contributed by atoms with Gasteiger partial charge in [0.2, 0.25) is 0 Å². The Morgan fingerprint density at radius 3 is 2.56 bits per heavy atom. The van der Waals surface area contributed by atoms with E-state index in [2.05, 4.69) is 4.98 Å². The SMILES string of the molecule is Cc1nc(S(=O)(=O)NCC(C)(O)C(=O)O)cn1C. The normalized spacial score (nSPS) is 15.3. The number of nitrogens with zero attached hydrogens (tertiary/aromatic N) is 2. The zero-order chi connectivity index (χ0) is 14.1. The van der Waals surface area contributed by atoms with Crippen LogP contribution >= 0.6 is 0 Å². The largest absolute Gasteiger partial charge is 0.479 e. The molecule has 0 saturated carbocycles. The first-order chi connectivity index (χ1) is 8.06. The molecular formula is C9H15N3O5S. The van der Waals surface area contributed by atoms with Crippen molar-refractivity contribution in [2.75, 3.05) is 6.54 Å². The fourth-order valence-electron chi connectivity index (χ4n) is 1.04. The molecule has 1 atom stereocenters. The van der Waals surface area contributed by atoms with Crippen LogP contribution in [0.15, 0.2) is 11.2 Å². The highest BCUT2D eigenvalue weighted by Crippen LogP contribution is 2.09. The number of carboxylic acids is 1. The van der Waals surface area contributed by atoms with Gasteiger partial charge in [0.1, 0.15) is 5.82 Å². The summed E-state index contributed by atoms with van der Waals surface area (Å²) in [6, 6.07) is 0. The van der Waals surface area contributed by atoms with Gasteiger partial charge in [-0.25, -0.2) is 22.9 Å². The number of hydrogen-bond acceptors (Lipinski definition) is 5. The van der Waals surface area contributed by atoms with Crippen LogP contribution in [-0.4, -0.2) is 46.3 Å². The van der Waals surface area contributed by atoms with E-state index >= 15 is 0 Å². The number of aryl methyl sites for hydroxylation is 2. The Hall–Kier alpha value is -1.45. The third-order valence-corrected chi connectivity index (χ3v) is 3.70. The van der Waals surface area contributed by atoms with E-state index in [1.54, 1.807) is 14.0 Å². The van der Waals surface area contributed by atoms with Gasteiger partial charge in [-0.2, -0.15) is 0 Å². The van der Waals surface area contributed by atoms with Crippen LogP contribution in [0.4, 0.5) is 0 Å². The molecule has 102 valence electrons. The van der Waals surface area contributed by atoms with Crippen molar-refractivity contribution in [3.05, 3.63) is 12.0 Å². The van der Waals surface area contributed by atoms with E-state index in [-0.39, 0.29) is 5.03 Å².